The van der Waals surface area contributed by atoms with Crippen LogP contribution in [0.2, 0.25) is 0 Å². The SMILES string of the molecule is [2H]c1c([2H])c([2H])c(C2(c3c([2H])c([2H])c([2H])c([2H])c3[2H])c3c([2H])c(-c4ccc5ccc6cccc7ccc4c5c67)c([2H])c([2H])c3-c3c([2H])c([2H])c(-c4ccc5ccc6cccc7ccc4c5c67)c([2H])c32)c([2H])c1[2H]. The number of benzene rings is 12. The van der Waals surface area contributed by atoms with Gasteiger partial charge in [-0.15, -0.1) is 0 Å². The van der Waals surface area contributed by atoms with Crippen LogP contribution in [-0.2, 0) is 5.41 Å². The Balaban J connectivity index is 1.28. The van der Waals surface area contributed by atoms with Gasteiger partial charge < -0.3 is 0 Å². The molecule has 0 radical (unpaired) electrons. The second-order valence-corrected chi connectivity index (χ2v) is 14.7. The van der Waals surface area contributed by atoms with E-state index in [2.05, 4.69) is 0 Å². The fraction of sp³-hybridized carbons (Fsp3) is 0.0175. The lowest BCUT2D eigenvalue weighted by molar-refractivity contribution is 0.769. The molecule has 0 saturated heterocycles. The molecule has 0 aliphatic heterocycles. The van der Waals surface area contributed by atoms with Crippen molar-refractivity contribution in [3.8, 4) is 33.4 Å². The van der Waals surface area contributed by atoms with E-state index in [1.807, 2.05) is 97.1 Å². The zero-order valence-electron chi connectivity index (χ0n) is 45.9. The molecule has 0 fully saturated rings. The van der Waals surface area contributed by atoms with Gasteiger partial charge in [0, 0.05) is 0 Å². The predicted molar refractivity (Wildman–Crippen MR) is 242 cm³/mol. The third-order valence-corrected chi connectivity index (χ3v) is 12.0. The summed E-state index contributed by atoms with van der Waals surface area (Å²) in [6.07, 6.45) is 0. The van der Waals surface area contributed by atoms with Crippen LogP contribution in [0.15, 0.2) is 206 Å². The minimum absolute atomic E-state index is 0.158. The summed E-state index contributed by atoms with van der Waals surface area (Å²) in [6, 6.07) is 22.1. The number of hydrogen-bond donors (Lipinski definition) is 0. The van der Waals surface area contributed by atoms with Crippen LogP contribution in [0.1, 0.15) is 44.2 Å². The third kappa shape index (κ3) is 4.12. The van der Waals surface area contributed by atoms with Crippen LogP contribution in [0.4, 0.5) is 0 Å². The van der Waals surface area contributed by atoms with Crippen LogP contribution >= 0.6 is 0 Å². The lowest BCUT2D eigenvalue weighted by Crippen LogP contribution is -2.28. The zero-order valence-corrected chi connectivity index (χ0v) is 29.9. The van der Waals surface area contributed by atoms with Gasteiger partial charge in [0.2, 0.25) is 0 Å². The number of rotatable bonds is 4. The van der Waals surface area contributed by atoms with E-state index < -0.39 is 124 Å². The summed E-state index contributed by atoms with van der Waals surface area (Å²) in [5.41, 5.74) is -5.59. The third-order valence-electron chi connectivity index (χ3n) is 12.0. The summed E-state index contributed by atoms with van der Waals surface area (Å²) in [6.45, 7) is 0. The van der Waals surface area contributed by atoms with Gasteiger partial charge in [-0.2, -0.15) is 0 Å². The quantitative estimate of drug-likeness (QED) is 0.158. The molecular formula is C57H34. The maximum atomic E-state index is 10.6. The summed E-state index contributed by atoms with van der Waals surface area (Å²) in [4.78, 5) is 0. The molecule has 12 aromatic rings. The smallest absolute Gasteiger partial charge is 0.0622 e. The topological polar surface area (TPSA) is 0 Å². The van der Waals surface area contributed by atoms with Gasteiger partial charge in [0.05, 0.1) is 27.3 Å². The van der Waals surface area contributed by atoms with Crippen molar-refractivity contribution in [2.45, 2.75) is 5.41 Å². The summed E-state index contributed by atoms with van der Waals surface area (Å²) >= 11 is 0. The van der Waals surface area contributed by atoms with Crippen molar-refractivity contribution in [3.63, 3.8) is 0 Å². The van der Waals surface area contributed by atoms with E-state index in [4.69, 9.17) is 8.22 Å². The molecule has 262 valence electrons. The summed E-state index contributed by atoms with van der Waals surface area (Å²) in [5, 5.41) is 9.96. The van der Waals surface area contributed by atoms with Gasteiger partial charge in [-0.05, 0) is 132 Å². The molecule has 0 saturated carbocycles. The first kappa shape index (κ1) is 19.5. The van der Waals surface area contributed by atoms with Crippen molar-refractivity contribution in [3.05, 3.63) is 228 Å². The normalized spacial score (nSPS) is 17.3. The second kappa shape index (κ2) is 11.4. The summed E-state index contributed by atoms with van der Waals surface area (Å²) in [5.74, 6) is 0. The highest BCUT2D eigenvalue weighted by atomic mass is 14.5. The molecule has 57 heavy (non-hydrogen) atoms. The highest BCUT2D eigenvalue weighted by molar-refractivity contribution is 6.26. The summed E-state index contributed by atoms with van der Waals surface area (Å²) < 4.78 is 154. The largest absolute Gasteiger partial charge is 0.0713 e. The molecule has 0 heterocycles. The van der Waals surface area contributed by atoms with E-state index in [0.29, 0.717) is 21.9 Å². The highest BCUT2D eigenvalue weighted by Crippen LogP contribution is 2.58. The Hall–Kier alpha value is -7.28. The van der Waals surface area contributed by atoms with Gasteiger partial charge in [-0.3, -0.25) is 0 Å². The van der Waals surface area contributed by atoms with Gasteiger partial charge in [-0.1, -0.05) is 194 Å². The van der Waals surface area contributed by atoms with Crippen LogP contribution < -0.4 is 0 Å². The predicted octanol–water partition coefficient (Wildman–Crippen LogP) is 15.2. The van der Waals surface area contributed by atoms with Crippen molar-refractivity contribution in [1.29, 1.82) is 0 Å². The molecule has 13 rings (SSSR count). The van der Waals surface area contributed by atoms with E-state index in [-0.39, 0.29) is 22.3 Å². The first-order chi connectivity index (χ1) is 34.9. The summed E-state index contributed by atoms with van der Waals surface area (Å²) in [7, 11) is 0. The van der Waals surface area contributed by atoms with E-state index in [1.54, 1.807) is 12.1 Å². The molecular weight excluding hydrogens is 685 g/mol. The second-order valence-electron chi connectivity index (χ2n) is 14.7. The fourth-order valence-corrected chi connectivity index (χ4v) is 9.55. The molecule has 12 aromatic carbocycles. The molecule has 0 heteroatoms. The molecule has 0 bridgehead atoms. The monoisotopic (exact) mass is 734 g/mol. The maximum Gasteiger partial charge on any atom is 0.0713 e. The Kier molecular flexibility index (Phi) is 3.90. The zero-order chi connectivity index (χ0) is 51.2. The van der Waals surface area contributed by atoms with Crippen molar-refractivity contribution in [2.75, 3.05) is 0 Å². The Morgan fingerprint density at radius 1 is 0.316 bits per heavy atom. The molecule has 0 atom stereocenters. The fourth-order valence-electron chi connectivity index (χ4n) is 9.55. The molecule has 1 aliphatic rings. The lowest BCUT2D eigenvalue weighted by atomic mass is 9.67. The van der Waals surface area contributed by atoms with E-state index >= 15 is 0 Å². The maximum absolute atomic E-state index is 10.6. The van der Waals surface area contributed by atoms with E-state index in [9.17, 15) is 13.7 Å². The molecule has 0 aromatic heterocycles. The Labute approximate surface area is 353 Å². The van der Waals surface area contributed by atoms with Gasteiger partial charge in [0.1, 0.15) is 0 Å². The minimum atomic E-state index is -2.86. The van der Waals surface area contributed by atoms with Crippen molar-refractivity contribution in [1.82, 2.24) is 0 Å². The average molecular weight is 735 g/mol. The number of fused-ring (bicyclic) bond motifs is 3. The van der Waals surface area contributed by atoms with Gasteiger partial charge in [0.15, 0.2) is 0 Å². The Morgan fingerprint density at radius 3 is 1.11 bits per heavy atom. The molecule has 0 nitrogen and oxygen atoms in total. The molecule has 0 unspecified atom stereocenters. The van der Waals surface area contributed by atoms with E-state index in [1.165, 1.54) is 0 Å². The van der Waals surface area contributed by atoms with Crippen molar-refractivity contribution in [2.24, 2.45) is 0 Å². The van der Waals surface area contributed by atoms with E-state index in [0.717, 1.165) is 53.9 Å². The Bertz CT molecular complexity index is 4140. The molecule has 0 spiro atoms. The van der Waals surface area contributed by atoms with Crippen LogP contribution in [0, 0.1) is 0 Å². The van der Waals surface area contributed by atoms with Gasteiger partial charge >= 0.3 is 0 Å². The standard InChI is InChI=1S/C57H34/c1-3-13-43(14-4-1)57(44-15-5-2-6-16-44)51-33-41(45-27-21-39-19-17-35-9-7-11-37-23-31-49(45)55(39)53(35)37)25-29-47(51)48-30-26-42(34-52(48)57)46-28-22-40-20-18-36-10-8-12-38-24-32-50(46)56(40)54(36)38/h1-34H/i1D,2D,3D,4D,5D,6D,13D,14D,15D,16D,25D,26D,29D,30D,33D,34D. The molecule has 0 amide bonds. The Morgan fingerprint density at radius 2 is 0.684 bits per heavy atom. The molecule has 1 aliphatic carbocycles. The minimum Gasteiger partial charge on any atom is -0.0622 e. The van der Waals surface area contributed by atoms with Crippen LogP contribution in [0.25, 0.3) is 98.0 Å². The molecule has 0 N–H and O–H groups in total. The first-order valence-corrected chi connectivity index (χ1v) is 18.7. The van der Waals surface area contributed by atoms with Crippen molar-refractivity contribution < 1.29 is 21.9 Å². The van der Waals surface area contributed by atoms with Crippen LogP contribution in [0.5, 0.6) is 0 Å². The van der Waals surface area contributed by atoms with Gasteiger partial charge in [-0.25, -0.2) is 0 Å². The van der Waals surface area contributed by atoms with Crippen LogP contribution in [0.3, 0.4) is 0 Å². The average Bonchev–Trinajstić information content (AvgIpc) is 3.72. The lowest BCUT2D eigenvalue weighted by Gasteiger charge is -2.34. The highest BCUT2D eigenvalue weighted by Gasteiger charge is 2.46. The first-order valence-electron chi connectivity index (χ1n) is 26.7. The number of hydrogen-bond acceptors (Lipinski definition) is 0. The van der Waals surface area contributed by atoms with Crippen LogP contribution in [-0.4, -0.2) is 0 Å². The van der Waals surface area contributed by atoms with Gasteiger partial charge in [0.25, 0.3) is 0 Å². The van der Waals surface area contributed by atoms with Crippen molar-refractivity contribution >= 4 is 64.6 Å².